The lowest BCUT2D eigenvalue weighted by atomic mass is 9.91. The first kappa shape index (κ1) is 22.0. The molecule has 0 heterocycles. The van der Waals surface area contributed by atoms with Crippen molar-refractivity contribution < 1.29 is 0 Å². The largest absolute Gasteiger partial charge is 0.0654 e. The third-order valence-electron chi connectivity index (χ3n) is 6.39. The van der Waals surface area contributed by atoms with Crippen molar-refractivity contribution in [3.8, 4) is 0 Å². The van der Waals surface area contributed by atoms with Crippen molar-refractivity contribution in [2.24, 2.45) is 11.8 Å². The van der Waals surface area contributed by atoms with E-state index in [0.29, 0.717) is 0 Å². The summed E-state index contributed by atoms with van der Waals surface area (Å²) in [5.41, 5.74) is 0. The zero-order chi connectivity index (χ0) is 17.3. The van der Waals surface area contributed by atoms with Gasteiger partial charge in [-0.05, 0) is 11.8 Å². The molecule has 0 saturated heterocycles. The highest BCUT2D eigenvalue weighted by molar-refractivity contribution is 4.71. The van der Waals surface area contributed by atoms with Gasteiger partial charge in [0.15, 0.2) is 0 Å². The summed E-state index contributed by atoms with van der Waals surface area (Å²) >= 11 is 0. The maximum Gasteiger partial charge on any atom is -0.0414 e. The lowest BCUT2D eigenvalue weighted by molar-refractivity contribution is 0.380. The second-order valence-electron chi connectivity index (χ2n) is 8.71. The number of rotatable bonds is 15. The van der Waals surface area contributed by atoms with E-state index >= 15 is 0 Å². The molecular weight excluding hydrogens is 288 g/mol. The van der Waals surface area contributed by atoms with Crippen LogP contribution in [0.5, 0.6) is 0 Å². The van der Waals surface area contributed by atoms with Gasteiger partial charge in [0.25, 0.3) is 0 Å². The van der Waals surface area contributed by atoms with E-state index in [0.717, 1.165) is 11.8 Å². The maximum atomic E-state index is 2.34. The van der Waals surface area contributed by atoms with E-state index in [9.17, 15) is 0 Å². The zero-order valence-electron chi connectivity index (χ0n) is 17.3. The Bertz CT molecular complexity index is 244. The van der Waals surface area contributed by atoms with Crippen LogP contribution in [0.4, 0.5) is 0 Å². The summed E-state index contributed by atoms with van der Waals surface area (Å²) in [6, 6.07) is 0. The summed E-state index contributed by atoms with van der Waals surface area (Å²) in [7, 11) is 0. The number of hydrogen-bond acceptors (Lipinski definition) is 0. The van der Waals surface area contributed by atoms with E-state index in [1.807, 2.05) is 0 Å². The summed E-state index contributed by atoms with van der Waals surface area (Å²) in [5, 5.41) is 0. The molecule has 0 heteroatoms. The Labute approximate surface area is 154 Å². The highest BCUT2D eigenvalue weighted by Crippen LogP contribution is 2.32. The average molecular weight is 337 g/mol. The third kappa shape index (κ3) is 12.4. The van der Waals surface area contributed by atoms with Crippen LogP contribution in [0.1, 0.15) is 142 Å². The van der Waals surface area contributed by atoms with Gasteiger partial charge in [0.1, 0.15) is 0 Å². The van der Waals surface area contributed by atoms with Crippen LogP contribution in [0, 0.1) is 11.8 Å². The molecule has 2 unspecified atom stereocenters. The molecule has 0 bridgehead atoms. The van der Waals surface area contributed by atoms with Crippen LogP contribution in [0.2, 0.25) is 0 Å². The molecule has 1 saturated carbocycles. The Hall–Kier alpha value is 0. The van der Waals surface area contributed by atoms with Crippen LogP contribution in [0.25, 0.3) is 0 Å². The molecule has 0 aromatic heterocycles. The van der Waals surface area contributed by atoms with Gasteiger partial charge in [0.05, 0.1) is 0 Å². The van der Waals surface area contributed by atoms with Crippen LogP contribution in [-0.4, -0.2) is 0 Å². The molecule has 0 nitrogen and oxygen atoms in total. The van der Waals surface area contributed by atoms with Crippen molar-refractivity contribution >= 4 is 0 Å². The Morgan fingerprint density at radius 2 is 0.875 bits per heavy atom. The fourth-order valence-electron chi connectivity index (χ4n) is 4.62. The molecule has 0 amide bonds. The van der Waals surface area contributed by atoms with Gasteiger partial charge < -0.3 is 0 Å². The number of unbranched alkanes of at least 4 members (excludes halogenated alkanes) is 11. The topological polar surface area (TPSA) is 0 Å². The molecule has 0 aromatic rings. The standard InChI is InChI=1S/C24H48/c1-3-5-7-8-9-10-11-12-13-14-15-18-24-20-16-19-23(21-22-24)17-6-4-2/h23-24H,3-22H2,1-2H3. The highest BCUT2D eigenvalue weighted by Gasteiger charge is 2.18. The molecular formula is C24H48. The second kappa shape index (κ2) is 16.5. The number of hydrogen-bond donors (Lipinski definition) is 0. The Morgan fingerprint density at radius 3 is 1.38 bits per heavy atom. The lowest BCUT2D eigenvalue weighted by Gasteiger charge is -2.15. The van der Waals surface area contributed by atoms with Gasteiger partial charge in [-0.15, -0.1) is 0 Å². The fourth-order valence-corrected chi connectivity index (χ4v) is 4.62. The lowest BCUT2D eigenvalue weighted by Crippen LogP contribution is -2.01. The molecule has 144 valence electrons. The minimum Gasteiger partial charge on any atom is -0.0654 e. The molecule has 2 atom stereocenters. The molecule has 0 N–H and O–H groups in total. The summed E-state index contributed by atoms with van der Waals surface area (Å²) in [6.07, 6.45) is 29.9. The molecule has 1 aliphatic rings. The minimum atomic E-state index is 1.08. The van der Waals surface area contributed by atoms with Gasteiger partial charge in [-0.3, -0.25) is 0 Å². The Balaban J connectivity index is 1.87. The van der Waals surface area contributed by atoms with E-state index in [-0.39, 0.29) is 0 Å². The monoisotopic (exact) mass is 336 g/mol. The van der Waals surface area contributed by atoms with Crippen LogP contribution in [-0.2, 0) is 0 Å². The normalized spacial score (nSPS) is 21.8. The summed E-state index contributed by atoms with van der Waals surface area (Å²) < 4.78 is 0. The van der Waals surface area contributed by atoms with E-state index in [1.165, 1.54) is 109 Å². The third-order valence-corrected chi connectivity index (χ3v) is 6.39. The van der Waals surface area contributed by atoms with Gasteiger partial charge >= 0.3 is 0 Å². The first-order valence-electron chi connectivity index (χ1n) is 11.9. The molecule has 1 aliphatic carbocycles. The van der Waals surface area contributed by atoms with E-state index in [4.69, 9.17) is 0 Å². The van der Waals surface area contributed by atoms with Crippen molar-refractivity contribution in [1.82, 2.24) is 0 Å². The predicted octanol–water partition coefficient (Wildman–Crippen LogP) is 9.07. The van der Waals surface area contributed by atoms with Gasteiger partial charge in [-0.2, -0.15) is 0 Å². The predicted molar refractivity (Wildman–Crippen MR) is 111 cm³/mol. The van der Waals surface area contributed by atoms with E-state index < -0.39 is 0 Å². The van der Waals surface area contributed by atoms with Crippen LogP contribution < -0.4 is 0 Å². The van der Waals surface area contributed by atoms with Crippen molar-refractivity contribution in [1.29, 1.82) is 0 Å². The molecule has 1 rings (SSSR count). The molecule has 1 fully saturated rings. The smallest absolute Gasteiger partial charge is 0.0414 e. The van der Waals surface area contributed by atoms with Gasteiger partial charge in [-0.25, -0.2) is 0 Å². The van der Waals surface area contributed by atoms with Crippen molar-refractivity contribution in [2.45, 2.75) is 142 Å². The molecule has 0 spiro atoms. The van der Waals surface area contributed by atoms with Gasteiger partial charge in [0.2, 0.25) is 0 Å². The summed E-state index contributed by atoms with van der Waals surface area (Å²) in [4.78, 5) is 0. The zero-order valence-corrected chi connectivity index (χ0v) is 17.3. The van der Waals surface area contributed by atoms with Gasteiger partial charge in [-0.1, -0.05) is 142 Å². The quantitative estimate of drug-likeness (QED) is 0.206. The Kier molecular flexibility index (Phi) is 15.1. The molecule has 0 radical (unpaired) electrons. The Morgan fingerprint density at radius 1 is 0.458 bits per heavy atom. The van der Waals surface area contributed by atoms with Crippen molar-refractivity contribution in [3.63, 3.8) is 0 Å². The first-order valence-corrected chi connectivity index (χ1v) is 11.9. The van der Waals surface area contributed by atoms with E-state index in [1.54, 1.807) is 19.3 Å². The van der Waals surface area contributed by atoms with Gasteiger partial charge in [0, 0.05) is 0 Å². The molecule has 0 aromatic carbocycles. The molecule has 24 heavy (non-hydrogen) atoms. The van der Waals surface area contributed by atoms with Crippen LogP contribution >= 0.6 is 0 Å². The van der Waals surface area contributed by atoms with Crippen LogP contribution in [0.15, 0.2) is 0 Å². The van der Waals surface area contributed by atoms with Crippen LogP contribution in [0.3, 0.4) is 0 Å². The minimum absolute atomic E-state index is 1.08. The SMILES string of the molecule is CCCCCCCCCCCCCC1CCCC(CCCC)CC1. The summed E-state index contributed by atoms with van der Waals surface area (Å²) in [5.74, 6) is 2.16. The fraction of sp³-hybridized carbons (Fsp3) is 1.00. The average Bonchev–Trinajstić information content (AvgIpc) is 2.83. The maximum absolute atomic E-state index is 2.34. The first-order chi connectivity index (χ1) is 11.9. The second-order valence-corrected chi connectivity index (χ2v) is 8.71. The highest BCUT2D eigenvalue weighted by atomic mass is 14.2. The summed E-state index contributed by atoms with van der Waals surface area (Å²) in [6.45, 7) is 4.64. The van der Waals surface area contributed by atoms with Crippen molar-refractivity contribution in [2.75, 3.05) is 0 Å². The van der Waals surface area contributed by atoms with E-state index in [2.05, 4.69) is 13.8 Å². The van der Waals surface area contributed by atoms with Crippen molar-refractivity contribution in [3.05, 3.63) is 0 Å². The molecule has 0 aliphatic heterocycles.